The molecule has 1 aromatic carbocycles. The number of benzene rings is 1. The van der Waals surface area contributed by atoms with Crippen LogP contribution in [0.5, 0.6) is 0 Å². The van der Waals surface area contributed by atoms with Crippen LogP contribution in [0.3, 0.4) is 0 Å². The van der Waals surface area contributed by atoms with Gasteiger partial charge in [-0.3, -0.25) is 10.2 Å². The second kappa shape index (κ2) is 6.21. The fourth-order valence-corrected chi connectivity index (χ4v) is 2.03. The molecule has 0 aliphatic carbocycles. The molecular weight excluding hydrogens is 226 g/mol. The first kappa shape index (κ1) is 12.6. The monoisotopic (exact) mass is 245 g/mol. The summed E-state index contributed by atoms with van der Waals surface area (Å²) in [6, 6.07) is 7.45. The molecule has 0 bridgehead atoms. The van der Waals surface area contributed by atoms with E-state index < -0.39 is 0 Å². The number of nitrogens with zero attached hydrogens (tertiary/aromatic N) is 1. The Kier molecular flexibility index (Phi) is 4.36. The fraction of sp³-hybridized carbons (Fsp3) is 0.357. The molecule has 3 N–H and O–H groups in total. The number of hydrogen-bond donors (Lipinski definition) is 2. The van der Waals surface area contributed by atoms with Crippen molar-refractivity contribution in [3.05, 3.63) is 35.9 Å². The number of piperidine rings is 1. The van der Waals surface area contributed by atoms with Crippen molar-refractivity contribution in [3.8, 4) is 0 Å². The van der Waals surface area contributed by atoms with Crippen LogP contribution in [0.15, 0.2) is 30.3 Å². The Balaban J connectivity index is 1.86. The predicted molar refractivity (Wildman–Crippen MR) is 73.5 cm³/mol. The van der Waals surface area contributed by atoms with Gasteiger partial charge in [0.25, 0.3) is 5.91 Å². The van der Waals surface area contributed by atoms with Gasteiger partial charge in [0.15, 0.2) is 0 Å². The molecule has 4 heteroatoms. The summed E-state index contributed by atoms with van der Waals surface area (Å²) < 4.78 is 0. The first-order valence-corrected chi connectivity index (χ1v) is 6.33. The number of nitrogens with two attached hydrogens (primary N) is 1. The van der Waals surface area contributed by atoms with Crippen LogP contribution in [0.1, 0.15) is 24.8 Å². The number of carbonyl (C=O) groups is 1. The zero-order valence-corrected chi connectivity index (χ0v) is 10.4. The van der Waals surface area contributed by atoms with Crippen molar-refractivity contribution in [2.45, 2.75) is 19.3 Å². The molecule has 0 aromatic heterocycles. The number of nitrogen functional groups attached to an aromatic ring is 1. The second-order valence-electron chi connectivity index (χ2n) is 4.53. The molecule has 1 aliphatic rings. The molecule has 1 fully saturated rings. The van der Waals surface area contributed by atoms with Crippen molar-refractivity contribution in [2.24, 2.45) is 0 Å². The van der Waals surface area contributed by atoms with Crippen molar-refractivity contribution < 1.29 is 4.79 Å². The summed E-state index contributed by atoms with van der Waals surface area (Å²) in [5.74, 6) is -0.0840. The van der Waals surface area contributed by atoms with E-state index in [1.54, 1.807) is 12.2 Å². The lowest BCUT2D eigenvalue weighted by molar-refractivity contribution is -0.121. The van der Waals surface area contributed by atoms with Crippen LogP contribution in [0.25, 0.3) is 6.08 Å². The molecule has 2 rings (SSSR count). The van der Waals surface area contributed by atoms with Gasteiger partial charge in [0, 0.05) is 24.9 Å². The Labute approximate surface area is 107 Å². The number of amides is 1. The number of hydrazine groups is 1. The van der Waals surface area contributed by atoms with Gasteiger partial charge in [-0.1, -0.05) is 18.6 Å². The number of hydrogen-bond acceptors (Lipinski definition) is 3. The van der Waals surface area contributed by atoms with Gasteiger partial charge in [0.1, 0.15) is 0 Å². The standard InChI is InChI=1S/C14H19N3O/c15-13-6-4-5-12(11-13)7-8-14(18)16-17-9-2-1-3-10-17/h4-8,11H,1-3,9-10,15H2,(H,16,18)/b8-7+. The van der Waals surface area contributed by atoms with E-state index in [1.807, 2.05) is 29.3 Å². The third kappa shape index (κ3) is 3.89. The maximum atomic E-state index is 11.7. The SMILES string of the molecule is Nc1cccc(/C=C/C(=O)NN2CCCCC2)c1. The highest BCUT2D eigenvalue weighted by Crippen LogP contribution is 2.08. The largest absolute Gasteiger partial charge is 0.399 e. The summed E-state index contributed by atoms with van der Waals surface area (Å²) in [5, 5.41) is 1.98. The minimum absolute atomic E-state index is 0.0840. The Morgan fingerprint density at radius 2 is 2.06 bits per heavy atom. The fourth-order valence-electron chi connectivity index (χ4n) is 2.03. The Bertz CT molecular complexity index is 436. The lowest BCUT2D eigenvalue weighted by Crippen LogP contribution is -2.44. The molecule has 18 heavy (non-hydrogen) atoms. The van der Waals surface area contributed by atoms with E-state index in [0.29, 0.717) is 5.69 Å². The van der Waals surface area contributed by atoms with Gasteiger partial charge in [0.2, 0.25) is 0 Å². The highest BCUT2D eigenvalue weighted by atomic mass is 16.2. The number of rotatable bonds is 3. The summed E-state index contributed by atoms with van der Waals surface area (Å²) in [5.41, 5.74) is 10.2. The molecule has 0 spiro atoms. The molecule has 0 atom stereocenters. The Morgan fingerprint density at radius 1 is 1.28 bits per heavy atom. The molecule has 0 radical (unpaired) electrons. The lowest BCUT2D eigenvalue weighted by atomic mass is 10.2. The van der Waals surface area contributed by atoms with E-state index in [1.165, 1.54) is 6.42 Å². The first-order chi connectivity index (χ1) is 8.74. The number of nitrogens with one attached hydrogen (secondary N) is 1. The predicted octanol–water partition coefficient (Wildman–Crippen LogP) is 1.80. The summed E-state index contributed by atoms with van der Waals surface area (Å²) in [4.78, 5) is 11.7. The highest BCUT2D eigenvalue weighted by Gasteiger charge is 2.10. The number of carbonyl (C=O) groups excluding carboxylic acids is 1. The minimum atomic E-state index is -0.0840. The summed E-state index contributed by atoms with van der Waals surface area (Å²) in [7, 11) is 0. The third-order valence-electron chi connectivity index (χ3n) is 2.96. The average molecular weight is 245 g/mol. The van der Waals surface area contributed by atoms with E-state index in [2.05, 4.69) is 5.43 Å². The summed E-state index contributed by atoms with van der Waals surface area (Å²) in [6.07, 6.45) is 6.88. The molecular formula is C14H19N3O. The quantitative estimate of drug-likeness (QED) is 0.630. The van der Waals surface area contributed by atoms with Crippen molar-refractivity contribution >= 4 is 17.7 Å². The molecule has 96 valence electrons. The van der Waals surface area contributed by atoms with Crippen molar-refractivity contribution in [1.82, 2.24) is 10.4 Å². The molecule has 0 saturated carbocycles. The molecule has 1 amide bonds. The zero-order valence-electron chi connectivity index (χ0n) is 10.4. The van der Waals surface area contributed by atoms with Crippen LogP contribution in [0, 0.1) is 0 Å². The maximum absolute atomic E-state index is 11.7. The lowest BCUT2D eigenvalue weighted by Gasteiger charge is -2.26. The minimum Gasteiger partial charge on any atom is -0.399 e. The van der Waals surface area contributed by atoms with Crippen LogP contribution in [-0.2, 0) is 4.79 Å². The van der Waals surface area contributed by atoms with Gasteiger partial charge < -0.3 is 5.73 Å². The first-order valence-electron chi connectivity index (χ1n) is 6.33. The molecule has 4 nitrogen and oxygen atoms in total. The molecule has 1 aliphatic heterocycles. The van der Waals surface area contributed by atoms with Crippen LogP contribution >= 0.6 is 0 Å². The van der Waals surface area contributed by atoms with Gasteiger partial charge in [-0.25, -0.2) is 5.01 Å². The summed E-state index contributed by atoms with van der Waals surface area (Å²) >= 11 is 0. The van der Waals surface area contributed by atoms with Crippen LogP contribution in [0.2, 0.25) is 0 Å². The van der Waals surface area contributed by atoms with Crippen LogP contribution in [-0.4, -0.2) is 24.0 Å². The van der Waals surface area contributed by atoms with Crippen molar-refractivity contribution in [2.75, 3.05) is 18.8 Å². The zero-order chi connectivity index (χ0) is 12.8. The van der Waals surface area contributed by atoms with Gasteiger partial charge in [-0.15, -0.1) is 0 Å². The topological polar surface area (TPSA) is 58.4 Å². The maximum Gasteiger partial charge on any atom is 0.258 e. The molecule has 1 aromatic rings. The van der Waals surface area contributed by atoms with E-state index in [9.17, 15) is 4.79 Å². The number of anilines is 1. The summed E-state index contributed by atoms with van der Waals surface area (Å²) in [6.45, 7) is 1.88. The second-order valence-corrected chi connectivity index (χ2v) is 4.53. The Hall–Kier alpha value is -1.81. The van der Waals surface area contributed by atoms with Gasteiger partial charge in [-0.2, -0.15) is 0 Å². The van der Waals surface area contributed by atoms with Crippen LogP contribution < -0.4 is 11.2 Å². The smallest absolute Gasteiger partial charge is 0.258 e. The van der Waals surface area contributed by atoms with E-state index in [0.717, 1.165) is 31.5 Å². The van der Waals surface area contributed by atoms with E-state index in [4.69, 9.17) is 5.73 Å². The van der Waals surface area contributed by atoms with Gasteiger partial charge in [-0.05, 0) is 36.6 Å². The van der Waals surface area contributed by atoms with E-state index in [-0.39, 0.29) is 5.91 Å². The van der Waals surface area contributed by atoms with Crippen molar-refractivity contribution in [1.29, 1.82) is 0 Å². The average Bonchev–Trinajstić information content (AvgIpc) is 2.38. The molecule has 0 unspecified atom stereocenters. The normalized spacial score (nSPS) is 16.9. The highest BCUT2D eigenvalue weighted by molar-refractivity contribution is 5.91. The Morgan fingerprint density at radius 3 is 2.78 bits per heavy atom. The molecule has 1 heterocycles. The van der Waals surface area contributed by atoms with Crippen LogP contribution in [0.4, 0.5) is 5.69 Å². The van der Waals surface area contributed by atoms with E-state index >= 15 is 0 Å². The van der Waals surface area contributed by atoms with Gasteiger partial charge >= 0.3 is 0 Å². The molecule has 1 saturated heterocycles. The third-order valence-corrected chi connectivity index (χ3v) is 2.96. The van der Waals surface area contributed by atoms with Crippen molar-refractivity contribution in [3.63, 3.8) is 0 Å². The van der Waals surface area contributed by atoms with Gasteiger partial charge in [0.05, 0.1) is 0 Å².